The molecule has 9 heteroatoms. The normalized spacial score (nSPS) is 18.2. The lowest BCUT2D eigenvalue weighted by Gasteiger charge is -2.36. The maximum atomic E-state index is 12.7. The highest BCUT2D eigenvalue weighted by atomic mass is 19.4. The van der Waals surface area contributed by atoms with Crippen LogP contribution in [0.4, 0.5) is 29.3 Å². The Balaban J connectivity index is 1.26. The summed E-state index contributed by atoms with van der Waals surface area (Å²) in [6, 6.07) is 10.7. The minimum Gasteiger partial charge on any atom is -0.388 e. The Hall–Kier alpha value is -3.04. The lowest BCUT2D eigenvalue weighted by Crippen LogP contribution is -2.48. The van der Waals surface area contributed by atoms with E-state index in [0.717, 1.165) is 47.7 Å². The number of halogens is 3. The van der Waals surface area contributed by atoms with E-state index in [4.69, 9.17) is 0 Å². The van der Waals surface area contributed by atoms with E-state index in [1.54, 1.807) is 6.08 Å². The molecule has 2 amide bonds. The van der Waals surface area contributed by atoms with Crippen LogP contribution in [0.3, 0.4) is 0 Å². The number of carbonyl (C=O) groups excluding carboxylic acids is 1. The number of hydrogen-bond acceptors (Lipinski definition) is 4. The fraction of sp³-hybridized carbons (Fsp3) is 0.348. The molecular weight excluding hydrogens is 421 g/mol. The van der Waals surface area contributed by atoms with Crippen LogP contribution in [0.2, 0.25) is 0 Å². The molecule has 2 heterocycles. The van der Waals surface area contributed by atoms with E-state index in [0.29, 0.717) is 26.2 Å². The van der Waals surface area contributed by atoms with E-state index >= 15 is 0 Å². The number of hydrogen-bond donors (Lipinski definition) is 3. The van der Waals surface area contributed by atoms with Gasteiger partial charge >= 0.3 is 12.2 Å². The molecule has 1 fully saturated rings. The van der Waals surface area contributed by atoms with Crippen molar-refractivity contribution in [3.8, 4) is 0 Å². The van der Waals surface area contributed by atoms with Crippen LogP contribution in [-0.2, 0) is 12.7 Å². The first-order valence-corrected chi connectivity index (χ1v) is 10.5. The average molecular weight is 446 g/mol. The standard InChI is InChI=1S/C23H25F3N4O2/c24-23(25,26)18-3-5-19(6-4-18)30-11-9-29(10-12-30)15-20(31)7-1-16-2-8-21-17(13-16)14-27-22(32)28-21/h1-8,13,20,31H,9-12,14-15H2,(H2,27,28,32). The molecule has 32 heavy (non-hydrogen) atoms. The second-order valence-electron chi connectivity index (χ2n) is 7.98. The quantitative estimate of drug-likeness (QED) is 0.658. The second-order valence-corrected chi connectivity index (χ2v) is 7.98. The van der Waals surface area contributed by atoms with Crippen LogP contribution in [0.5, 0.6) is 0 Å². The molecule has 0 spiro atoms. The number of fused-ring (bicyclic) bond motifs is 1. The molecule has 0 saturated carbocycles. The van der Waals surface area contributed by atoms with Crippen LogP contribution >= 0.6 is 0 Å². The number of benzene rings is 2. The van der Waals surface area contributed by atoms with Crippen LogP contribution in [0.1, 0.15) is 16.7 Å². The lowest BCUT2D eigenvalue weighted by atomic mass is 10.1. The first kappa shape index (κ1) is 22.2. The molecule has 1 atom stereocenters. The number of alkyl halides is 3. The third kappa shape index (κ3) is 5.41. The highest BCUT2D eigenvalue weighted by molar-refractivity contribution is 5.92. The number of nitrogens with zero attached hydrogens (tertiary/aromatic N) is 2. The number of urea groups is 1. The lowest BCUT2D eigenvalue weighted by molar-refractivity contribution is -0.137. The van der Waals surface area contributed by atoms with Crippen molar-refractivity contribution in [2.45, 2.75) is 18.8 Å². The Labute approximate surface area is 184 Å². The number of nitrogens with one attached hydrogen (secondary N) is 2. The number of amides is 2. The monoisotopic (exact) mass is 446 g/mol. The molecule has 2 aromatic rings. The first-order chi connectivity index (χ1) is 15.3. The van der Waals surface area contributed by atoms with Gasteiger partial charge in [-0.1, -0.05) is 18.2 Å². The fourth-order valence-corrected chi connectivity index (χ4v) is 3.92. The van der Waals surface area contributed by atoms with Crippen LogP contribution in [-0.4, -0.2) is 54.9 Å². The molecule has 2 aliphatic rings. The minimum atomic E-state index is -4.33. The van der Waals surface area contributed by atoms with E-state index in [-0.39, 0.29) is 6.03 Å². The van der Waals surface area contributed by atoms with Crippen molar-refractivity contribution >= 4 is 23.5 Å². The molecule has 0 radical (unpaired) electrons. The van der Waals surface area contributed by atoms with Gasteiger partial charge in [0, 0.05) is 50.6 Å². The summed E-state index contributed by atoms with van der Waals surface area (Å²) in [6.45, 7) is 3.76. The minimum absolute atomic E-state index is 0.213. The maximum absolute atomic E-state index is 12.7. The summed E-state index contributed by atoms with van der Waals surface area (Å²) in [5.41, 5.74) is 2.84. The largest absolute Gasteiger partial charge is 0.416 e. The van der Waals surface area contributed by atoms with Crippen LogP contribution in [0.25, 0.3) is 6.08 Å². The Morgan fingerprint density at radius 3 is 2.47 bits per heavy atom. The molecular formula is C23H25F3N4O2. The molecule has 1 saturated heterocycles. The summed E-state index contributed by atoms with van der Waals surface area (Å²) in [7, 11) is 0. The number of aliphatic hydroxyl groups is 1. The van der Waals surface area contributed by atoms with Crippen LogP contribution in [0.15, 0.2) is 48.5 Å². The van der Waals surface area contributed by atoms with E-state index < -0.39 is 17.8 Å². The van der Waals surface area contributed by atoms with Crippen LogP contribution < -0.4 is 15.5 Å². The van der Waals surface area contributed by atoms with Crippen molar-refractivity contribution in [3.63, 3.8) is 0 Å². The van der Waals surface area contributed by atoms with Crippen molar-refractivity contribution < 1.29 is 23.1 Å². The SMILES string of the molecule is O=C1NCc2cc(C=CC(O)CN3CCN(c4ccc(C(F)(F)F)cc4)CC3)ccc2N1. The summed E-state index contributed by atoms with van der Waals surface area (Å²) in [5, 5.41) is 15.9. The van der Waals surface area contributed by atoms with E-state index in [9.17, 15) is 23.1 Å². The molecule has 6 nitrogen and oxygen atoms in total. The molecule has 170 valence electrons. The molecule has 1 unspecified atom stereocenters. The Kier molecular flexibility index (Phi) is 6.38. The van der Waals surface area contributed by atoms with Gasteiger partial charge in [-0.25, -0.2) is 4.79 Å². The second kappa shape index (κ2) is 9.22. The fourth-order valence-electron chi connectivity index (χ4n) is 3.92. The Bertz CT molecular complexity index is 984. The maximum Gasteiger partial charge on any atom is 0.416 e. The van der Waals surface area contributed by atoms with E-state index in [1.807, 2.05) is 24.3 Å². The zero-order chi connectivity index (χ0) is 22.7. The predicted octanol–water partition coefficient (Wildman–Crippen LogP) is 3.54. The summed E-state index contributed by atoms with van der Waals surface area (Å²) < 4.78 is 38.2. The highest BCUT2D eigenvalue weighted by Crippen LogP contribution is 2.30. The van der Waals surface area contributed by atoms with Gasteiger partial charge in [0.15, 0.2) is 0 Å². The van der Waals surface area contributed by atoms with E-state index in [1.165, 1.54) is 12.1 Å². The molecule has 2 aliphatic heterocycles. The number of rotatable bonds is 5. The molecule has 0 aliphatic carbocycles. The number of anilines is 2. The Morgan fingerprint density at radius 2 is 1.78 bits per heavy atom. The van der Waals surface area contributed by atoms with Crippen molar-refractivity contribution in [1.29, 1.82) is 0 Å². The zero-order valence-electron chi connectivity index (χ0n) is 17.4. The van der Waals surface area contributed by atoms with Gasteiger partial charge in [0.2, 0.25) is 0 Å². The zero-order valence-corrected chi connectivity index (χ0v) is 17.4. The molecule has 3 N–H and O–H groups in total. The number of carbonyl (C=O) groups is 1. The predicted molar refractivity (Wildman–Crippen MR) is 117 cm³/mol. The number of aliphatic hydroxyl groups excluding tert-OH is 1. The van der Waals surface area contributed by atoms with Gasteiger partial charge in [-0.3, -0.25) is 4.90 Å². The van der Waals surface area contributed by atoms with Crippen molar-refractivity contribution in [1.82, 2.24) is 10.2 Å². The van der Waals surface area contributed by atoms with Crippen molar-refractivity contribution in [2.24, 2.45) is 0 Å². The third-order valence-electron chi connectivity index (χ3n) is 5.71. The van der Waals surface area contributed by atoms with Gasteiger partial charge in [0.05, 0.1) is 11.7 Å². The summed E-state index contributed by atoms with van der Waals surface area (Å²) in [4.78, 5) is 15.5. The van der Waals surface area contributed by atoms with Gasteiger partial charge in [0.25, 0.3) is 0 Å². The van der Waals surface area contributed by atoms with E-state index in [2.05, 4.69) is 20.4 Å². The van der Waals surface area contributed by atoms with Crippen molar-refractivity contribution in [3.05, 3.63) is 65.2 Å². The average Bonchev–Trinajstić information content (AvgIpc) is 2.78. The number of piperazine rings is 1. The van der Waals surface area contributed by atoms with Gasteiger partial charge in [-0.05, 0) is 47.5 Å². The summed E-state index contributed by atoms with van der Waals surface area (Å²) in [5.74, 6) is 0. The highest BCUT2D eigenvalue weighted by Gasteiger charge is 2.30. The van der Waals surface area contributed by atoms with Gasteiger partial charge < -0.3 is 20.6 Å². The Morgan fingerprint density at radius 1 is 1.06 bits per heavy atom. The number of β-amino-alcohol motifs (C(OH)–C–C–N with tert-alkyl or cyclic N) is 1. The summed E-state index contributed by atoms with van der Waals surface area (Å²) >= 11 is 0. The van der Waals surface area contributed by atoms with Gasteiger partial charge in [-0.2, -0.15) is 13.2 Å². The first-order valence-electron chi connectivity index (χ1n) is 10.5. The topological polar surface area (TPSA) is 67.8 Å². The van der Waals surface area contributed by atoms with Crippen LogP contribution in [0, 0.1) is 0 Å². The third-order valence-corrected chi connectivity index (χ3v) is 5.71. The van der Waals surface area contributed by atoms with Gasteiger partial charge in [-0.15, -0.1) is 0 Å². The van der Waals surface area contributed by atoms with Crippen molar-refractivity contribution in [2.75, 3.05) is 42.9 Å². The molecule has 0 bridgehead atoms. The molecule has 2 aromatic carbocycles. The molecule has 0 aromatic heterocycles. The van der Waals surface area contributed by atoms with Gasteiger partial charge in [0.1, 0.15) is 0 Å². The smallest absolute Gasteiger partial charge is 0.388 e. The summed E-state index contributed by atoms with van der Waals surface area (Å²) in [6.07, 6.45) is -1.35. The molecule has 4 rings (SSSR count).